The fourth-order valence-corrected chi connectivity index (χ4v) is 4.59. The first-order valence-electron chi connectivity index (χ1n) is 12.0. The molecule has 1 aliphatic heterocycles. The molecule has 0 saturated carbocycles. The maximum atomic E-state index is 12.7. The van der Waals surface area contributed by atoms with Crippen LogP contribution in [-0.2, 0) is 16.1 Å². The number of fused-ring (bicyclic) bond motifs is 2. The quantitative estimate of drug-likeness (QED) is 0.370. The van der Waals surface area contributed by atoms with Crippen LogP contribution in [0.4, 0.5) is 10.5 Å². The molecule has 0 bridgehead atoms. The van der Waals surface area contributed by atoms with Gasteiger partial charge in [0.25, 0.3) is 5.56 Å². The topological polar surface area (TPSA) is 101 Å². The molecule has 2 unspecified atom stereocenters. The van der Waals surface area contributed by atoms with Gasteiger partial charge >= 0.3 is 12.1 Å². The van der Waals surface area contributed by atoms with Gasteiger partial charge in [0.1, 0.15) is 5.75 Å². The molecule has 2 N–H and O–H groups in total. The Morgan fingerprint density at radius 2 is 1.91 bits per heavy atom. The van der Waals surface area contributed by atoms with Crippen LogP contribution in [0, 0.1) is 5.92 Å². The zero-order chi connectivity index (χ0) is 24.9. The molecule has 1 aromatic heterocycles. The average Bonchev–Trinajstić information content (AvgIpc) is 2.85. The number of nitrogens with zero attached hydrogens (tertiary/aromatic N) is 1. The first-order valence-corrected chi connectivity index (χ1v) is 12.0. The molecule has 35 heavy (non-hydrogen) atoms. The molecule has 2 heterocycles. The van der Waals surface area contributed by atoms with Crippen LogP contribution in [0.3, 0.4) is 0 Å². The molecule has 0 spiro atoms. The highest BCUT2D eigenvalue weighted by atomic mass is 16.6. The minimum Gasteiger partial charge on any atom is -0.450 e. The summed E-state index contributed by atoms with van der Waals surface area (Å²) in [7, 11) is 0. The van der Waals surface area contributed by atoms with E-state index in [4.69, 9.17) is 9.47 Å². The van der Waals surface area contributed by atoms with Crippen LogP contribution in [0.1, 0.15) is 44.2 Å². The van der Waals surface area contributed by atoms with E-state index in [1.807, 2.05) is 37.3 Å². The molecule has 0 fully saturated rings. The Labute approximate surface area is 204 Å². The van der Waals surface area contributed by atoms with E-state index in [-0.39, 0.29) is 36.5 Å². The van der Waals surface area contributed by atoms with E-state index in [0.717, 1.165) is 35.3 Å². The molecule has 8 nitrogen and oxygen atoms in total. The van der Waals surface area contributed by atoms with Crippen LogP contribution in [-0.4, -0.2) is 36.7 Å². The number of rotatable bonds is 8. The number of esters is 1. The summed E-state index contributed by atoms with van der Waals surface area (Å²) in [5.41, 5.74) is 2.63. The van der Waals surface area contributed by atoms with Crippen molar-refractivity contribution in [1.82, 2.24) is 10.3 Å². The third-order valence-corrected chi connectivity index (χ3v) is 6.67. The van der Waals surface area contributed by atoms with Gasteiger partial charge in [-0.3, -0.25) is 9.59 Å². The van der Waals surface area contributed by atoms with Gasteiger partial charge in [0.15, 0.2) is 0 Å². The predicted octanol–water partition coefficient (Wildman–Crippen LogP) is 4.33. The monoisotopic (exact) mass is 477 g/mol. The number of hydrogen-bond donors (Lipinski definition) is 2. The Bertz CT molecular complexity index is 1280. The number of pyridine rings is 1. The van der Waals surface area contributed by atoms with E-state index >= 15 is 0 Å². The van der Waals surface area contributed by atoms with Gasteiger partial charge < -0.3 is 24.7 Å². The molecule has 3 aromatic rings. The molecule has 2 atom stereocenters. The first-order chi connectivity index (χ1) is 16.9. The van der Waals surface area contributed by atoms with E-state index in [1.165, 1.54) is 0 Å². The van der Waals surface area contributed by atoms with Crippen LogP contribution < -0.4 is 20.5 Å². The number of aromatic amines is 1. The van der Waals surface area contributed by atoms with Crippen molar-refractivity contribution in [2.24, 2.45) is 5.92 Å². The Balaban J connectivity index is 1.30. The Kier molecular flexibility index (Phi) is 7.39. The van der Waals surface area contributed by atoms with E-state index < -0.39 is 6.09 Å². The summed E-state index contributed by atoms with van der Waals surface area (Å²) >= 11 is 0. The van der Waals surface area contributed by atoms with Crippen molar-refractivity contribution in [2.45, 2.75) is 39.7 Å². The van der Waals surface area contributed by atoms with E-state index in [9.17, 15) is 14.4 Å². The van der Waals surface area contributed by atoms with Crippen LogP contribution in [0.15, 0.2) is 53.5 Å². The largest absolute Gasteiger partial charge is 0.450 e. The molecular weight excluding hydrogens is 446 g/mol. The molecule has 0 radical (unpaired) electrons. The van der Waals surface area contributed by atoms with Gasteiger partial charge in [-0.15, -0.1) is 0 Å². The minimum absolute atomic E-state index is 0.0423. The number of H-pyrrole nitrogens is 1. The molecule has 184 valence electrons. The minimum atomic E-state index is -0.576. The zero-order valence-corrected chi connectivity index (χ0v) is 20.3. The van der Waals surface area contributed by atoms with E-state index in [0.29, 0.717) is 17.6 Å². The van der Waals surface area contributed by atoms with Crippen molar-refractivity contribution in [1.29, 1.82) is 0 Å². The number of benzene rings is 2. The number of hydrogen-bond acceptors (Lipinski definition) is 6. The number of anilines is 1. The Morgan fingerprint density at radius 1 is 1.11 bits per heavy atom. The lowest BCUT2D eigenvalue weighted by atomic mass is 9.83. The number of nitrogens with one attached hydrogen (secondary N) is 2. The summed E-state index contributed by atoms with van der Waals surface area (Å²) < 4.78 is 11.0. The summed E-state index contributed by atoms with van der Waals surface area (Å²) in [6, 6.07) is 13.3. The SMILES string of the molecule is CCN(CC)c1ccc2c(c1)OC(=O)C(CCOC(=O)NCc1ccc3cc[nH]c(=O)c3c1)C2C. The van der Waals surface area contributed by atoms with Gasteiger partial charge in [-0.2, -0.15) is 0 Å². The number of aromatic nitrogens is 1. The van der Waals surface area contributed by atoms with Crippen LogP contribution in [0.25, 0.3) is 10.8 Å². The van der Waals surface area contributed by atoms with Gasteiger partial charge in [-0.05, 0) is 60.9 Å². The second-order valence-electron chi connectivity index (χ2n) is 8.72. The van der Waals surface area contributed by atoms with Gasteiger partial charge in [0.2, 0.25) is 0 Å². The molecule has 1 aliphatic rings. The second-order valence-corrected chi connectivity index (χ2v) is 8.72. The van der Waals surface area contributed by atoms with Gasteiger partial charge in [0.05, 0.1) is 12.5 Å². The van der Waals surface area contributed by atoms with Crippen LogP contribution in [0.2, 0.25) is 0 Å². The molecule has 4 rings (SSSR count). The van der Waals surface area contributed by atoms with Crippen molar-refractivity contribution in [2.75, 3.05) is 24.6 Å². The fraction of sp³-hybridized carbons (Fsp3) is 0.370. The third kappa shape index (κ3) is 5.31. The van der Waals surface area contributed by atoms with Gasteiger partial charge in [-0.25, -0.2) is 4.79 Å². The summed E-state index contributed by atoms with van der Waals surface area (Å²) in [4.78, 5) is 41.7. The first kappa shape index (κ1) is 24.3. The van der Waals surface area contributed by atoms with Crippen molar-refractivity contribution in [3.63, 3.8) is 0 Å². The average molecular weight is 478 g/mol. The van der Waals surface area contributed by atoms with Gasteiger partial charge in [-0.1, -0.05) is 25.1 Å². The lowest BCUT2D eigenvalue weighted by Gasteiger charge is -2.31. The highest BCUT2D eigenvalue weighted by molar-refractivity contribution is 5.82. The summed E-state index contributed by atoms with van der Waals surface area (Å²) in [6.07, 6.45) is 1.40. The predicted molar refractivity (Wildman–Crippen MR) is 135 cm³/mol. The smallest absolute Gasteiger partial charge is 0.407 e. The third-order valence-electron chi connectivity index (χ3n) is 6.67. The summed E-state index contributed by atoms with van der Waals surface area (Å²) in [5.74, 6) is -0.121. The van der Waals surface area contributed by atoms with E-state index in [1.54, 1.807) is 12.3 Å². The summed E-state index contributed by atoms with van der Waals surface area (Å²) in [6.45, 7) is 8.26. The van der Waals surface area contributed by atoms with Crippen molar-refractivity contribution < 1.29 is 19.1 Å². The summed E-state index contributed by atoms with van der Waals surface area (Å²) in [5, 5.41) is 4.09. The van der Waals surface area contributed by atoms with Gasteiger partial charge in [0, 0.05) is 43.0 Å². The van der Waals surface area contributed by atoms with Crippen LogP contribution >= 0.6 is 0 Å². The number of carbonyl (C=O) groups excluding carboxylic acids is 2. The second kappa shape index (κ2) is 10.6. The van der Waals surface area contributed by atoms with Crippen molar-refractivity contribution in [3.8, 4) is 5.75 Å². The van der Waals surface area contributed by atoms with Crippen molar-refractivity contribution in [3.05, 3.63) is 70.1 Å². The highest BCUT2D eigenvalue weighted by Crippen LogP contribution is 2.40. The lowest BCUT2D eigenvalue weighted by molar-refractivity contribution is -0.141. The highest BCUT2D eigenvalue weighted by Gasteiger charge is 2.35. The molecule has 0 saturated heterocycles. The Morgan fingerprint density at radius 3 is 2.69 bits per heavy atom. The fourth-order valence-electron chi connectivity index (χ4n) is 4.59. The number of carbonyl (C=O) groups is 2. The normalized spacial score (nSPS) is 16.9. The van der Waals surface area contributed by atoms with Crippen LogP contribution in [0.5, 0.6) is 5.75 Å². The lowest BCUT2D eigenvalue weighted by Crippen LogP contribution is -2.32. The molecule has 8 heteroatoms. The molecule has 2 aromatic carbocycles. The Hall–Kier alpha value is -3.81. The number of alkyl carbamates (subject to hydrolysis) is 1. The van der Waals surface area contributed by atoms with Crippen molar-refractivity contribution >= 4 is 28.5 Å². The maximum Gasteiger partial charge on any atom is 0.407 e. The number of ether oxygens (including phenoxy) is 2. The molecule has 1 amide bonds. The molecular formula is C27H31N3O5. The zero-order valence-electron chi connectivity index (χ0n) is 20.3. The standard InChI is InChI=1S/C27H31N3O5/c1-4-30(5-2)20-8-9-21-17(3)22(26(32)35-24(21)15-20)11-13-34-27(33)29-16-18-6-7-19-10-12-28-25(31)23(19)14-18/h6-10,12,14-15,17,22H,4-5,11,13,16H2,1-3H3,(H,28,31)(H,29,33). The number of amides is 1. The molecule has 0 aliphatic carbocycles. The van der Waals surface area contributed by atoms with E-state index in [2.05, 4.69) is 35.1 Å². The maximum absolute atomic E-state index is 12.7.